The first kappa shape index (κ1) is 13.9. The maximum Gasteiger partial charge on any atom is 0.223 e. The van der Waals surface area contributed by atoms with Gasteiger partial charge in [0.25, 0.3) is 0 Å². The Morgan fingerprint density at radius 2 is 1.86 bits per heavy atom. The molecule has 4 heteroatoms. The minimum atomic E-state index is 0.392. The van der Waals surface area contributed by atoms with Gasteiger partial charge in [0.1, 0.15) is 5.75 Å². The quantitative estimate of drug-likeness (QED) is 0.910. The van der Waals surface area contributed by atoms with Gasteiger partial charge in [0.15, 0.2) is 0 Å². The number of para-hydroxylation sites is 1. The molecule has 1 heterocycles. The summed E-state index contributed by atoms with van der Waals surface area (Å²) in [5.74, 6) is 1.64. The van der Waals surface area contributed by atoms with E-state index in [1.165, 1.54) is 19.3 Å². The summed E-state index contributed by atoms with van der Waals surface area (Å²) in [5, 5.41) is 3.29. The van der Waals surface area contributed by atoms with Gasteiger partial charge in [0.05, 0.1) is 6.10 Å². The summed E-state index contributed by atoms with van der Waals surface area (Å²) in [5.41, 5.74) is 3.10. The standard InChI is InChI=1S/C17H21N3O/c1-12-10-13(2)20-17(19-12)18-11-14-6-3-4-9-16(14)21-15-7-5-8-15/h3-4,6,9-10,15H,5,7-8,11H2,1-2H3,(H,18,19,20). The number of ether oxygens (including phenoxy) is 1. The third-order valence-electron chi connectivity index (χ3n) is 3.74. The number of nitrogens with one attached hydrogen (secondary N) is 1. The zero-order chi connectivity index (χ0) is 14.7. The van der Waals surface area contributed by atoms with Crippen LogP contribution in [0.5, 0.6) is 5.75 Å². The van der Waals surface area contributed by atoms with Crippen molar-refractivity contribution < 1.29 is 4.74 Å². The monoisotopic (exact) mass is 283 g/mol. The van der Waals surface area contributed by atoms with Crippen LogP contribution in [0.25, 0.3) is 0 Å². The Bertz CT molecular complexity index is 603. The summed E-state index contributed by atoms with van der Waals surface area (Å²) in [7, 11) is 0. The van der Waals surface area contributed by atoms with Crippen molar-refractivity contribution in [2.45, 2.75) is 45.8 Å². The molecule has 0 spiro atoms. The molecule has 3 rings (SSSR count). The number of nitrogens with zero attached hydrogens (tertiary/aromatic N) is 2. The van der Waals surface area contributed by atoms with E-state index < -0.39 is 0 Å². The maximum absolute atomic E-state index is 6.04. The summed E-state index contributed by atoms with van der Waals surface area (Å²) in [6.07, 6.45) is 4.01. The molecule has 110 valence electrons. The molecule has 21 heavy (non-hydrogen) atoms. The van der Waals surface area contributed by atoms with Crippen molar-refractivity contribution in [2.24, 2.45) is 0 Å². The molecule has 0 amide bonds. The van der Waals surface area contributed by atoms with E-state index in [2.05, 4.69) is 21.4 Å². The van der Waals surface area contributed by atoms with E-state index in [0.29, 0.717) is 18.6 Å². The van der Waals surface area contributed by atoms with E-state index in [1.54, 1.807) is 0 Å². The van der Waals surface area contributed by atoms with Crippen LogP contribution in [0.1, 0.15) is 36.2 Å². The average molecular weight is 283 g/mol. The lowest BCUT2D eigenvalue weighted by atomic mass is 9.96. The van der Waals surface area contributed by atoms with Gasteiger partial charge in [-0.15, -0.1) is 0 Å². The van der Waals surface area contributed by atoms with Gasteiger partial charge in [0, 0.05) is 23.5 Å². The number of rotatable bonds is 5. The van der Waals surface area contributed by atoms with Crippen LogP contribution in [0.15, 0.2) is 30.3 Å². The van der Waals surface area contributed by atoms with Crippen molar-refractivity contribution in [3.63, 3.8) is 0 Å². The minimum Gasteiger partial charge on any atom is -0.490 e. The van der Waals surface area contributed by atoms with Gasteiger partial charge < -0.3 is 10.1 Å². The molecule has 1 aliphatic rings. The molecule has 0 unspecified atom stereocenters. The van der Waals surface area contributed by atoms with Gasteiger partial charge >= 0.3 is 0 Å². The molecule has 0 aliphatic heterocycles. The van der Waals surface area contributed by atoms with Gasteiger partial charge in [-0.3, -0.25) is 0 Å². The van der Waals surface area contributed by atoms with Crippen LogP contribution >= 0.6 is 0 Å². The SMILES string of the molecule is Cc1cc(C)nc(NCc2ccccc2OC2CCC2)n1. The Kier molecular flexibility index (Phi) is 4.04. The van der Waals surface area contributed by atoms with Crippen molar-refractivity contribution in [3.8, 4) is 5.75 Å². The third-order valence-corrected chi connectivity index (χ3v) is 3.74. The number of hydrogen-bond acceptors (Lipinski definition) is 4. The van der Waals surface area contributed by atoms with Crippen LogP contribution in [0, 0.1) is 13.8 Å². The molecular weight excluding hydrogens is 262 g/mol. The molecular formula is C17H21N3O. The summed E-state index contributed by atoms with van der Waals surface area (Å²) >= 11 is 0. The Labute approximate surface area is 125 Å². The molecule has 4 nitrogen and oxygen atoms in total. The van der Waals surface area contributed by atoms with Gasteiger partial charge in [-0.1, -0.05) is 18.2 Å². The largest absolute Gasteiger partial charge is 0.490 e. The van der Waals surface area contributed by atoms with Crippen molar-refractivity contribution in [1.29, 1.82) is 0 Å². The molecule has 0 atom stereocenters. The smallest absolute Gasteiger partial charge is 0.223 e. The predicted octanol–water partition coefficient (Wildman–Crippen LogP) is 3.64. The second kappa shape index (κ2) is 6.12. The third kappa shape index (κ3) is 3.51. The number of hydrogen-bond donors (Lipinski definition) is 1. The second-order valence-corrected chi connectivity index (χ2v) is 5.61. The fourth-order valence-electron chi connectivity index (χ4n) is 2.41. The molecule has 0 radical (unpaired) electrons. The second-order valence-electron chi connectivity index (χ2n) is 5.61. The molecule has 1 aromatic carbocycles. The lowest BCUT2D eigenvalue weighted by Gasteiger charge is -2.27. The van der Waals surface area contributed by atoms with Gasteiger partial charge in [-0.25, -0.2) is 9.97 Å². The van der Waals surface area contributed by atoms with E-state index >= 15 is 0 Å². The van der Waals surface area contributed by atoms with Crippen LogP contribution in [-0.2, 0) is 6.54 Å². The maximum atomic E-state index is 6.04. The highest BCUT2D eigenvalue weighted by atomic mass is 16.5. The highest BCUT2D eigenvalue weighted by molar-refractivity contribution is 5.37. The molecule has 1 fully saturated rings. The average Bonchev–Trinajstić information content (AvgIpc) is 2.40. The lowest BCUT2D eigenvalue weighted by molar-refractivity contribution is 0.119. The first-order chi connectivity index (χ1) is 10.2. The van der Waals surface area contributed by atoms with Crippen molar-refractivity contribution in [3.05, 3.63) is 47.3 Å². The molecule has 1 N–H and O–H groups in total. The molecule has 0 saturated heterocycles. The van der Waals surface area contributed by atoms with E-state index in [4.69, 9.17) is 4.74 Å². The fourth-order valence-corrected chi connectivity index (χ4v) is 2.41. The molecule has 1 saturated carbocycles. The zero-order valence-electron chi connectivity index (χ0n) is 12.6. The molecule has 1 aliphatic carbocycles. The first-order valence-electron chi connectivity index (χ1n) is 7.51. The van der Waals surface area contributed by atoms with Gasteiger partial charge in [-0.2, -0.15) is 0 Å². The number of benzene rings is 1. The van der Waals surface area contributed by atoms with E-state index in [-0.39, 0.29) is 0 Å². The zero-order valence-corrected chi connectivity index (χ0v) is 12.6. The number of anilines is 1. The first-order valence-corrected chi connectivity index (χ1v) is 7.51. The molecule has 0 bridgehead atoms. The highest BCUT2D eigenvalue weighted by Gasteiger charge is 2.20. The summed E-state index contributed by atoms with van der Waals surface area (Å²) < 4.78 is 6.04. The Morgan fingerprint density at radius 3 is 2.52 bits per heavy atom. The summed E-state index contributed by atoms with van der Waals surface area (Å²) in [6.45, 7) is 4.63. The predicted molar refractivity (Wildman–Crippen MR) is 83.5 cm³/mol. The van der Waals surface area contributed by atoms with Crippen LogP contribution in [0.2, 0.25) is 0 Å². The normalized spacial score (nSPS) is 14.6. The van der Waals surface area contributed by atoms with Crippen molar-refractivity contribution in [1.82, 2.24) is 9.97 Å². The van der Waals surface area contributed by atoms with Crippen LogP contribution in [0.4, 0.5) is 5.95 Å². The number of aryl methyl sites for hydroxylation is 2. The highest BCUT2D eigenvalue weighted by Crippen LogP contribution is 2.27. The fraction of sp³-hybridized carbons (Fsp3) is 0.412. The topological polar surface area (TPSA) is 47.0 Å². The minimum absolute atomic E-state index is 0.392. The van der Waals surface area contributed by atoms with E-state index in [1.807, 2.05) is 38.1 Å². The van der Waals surface area contributed by atoms with Crippen LogP contribution < -0.4 is 10.1 Å². The van der Waals surface area contributed by atoms with E-state index in [9.17, 15) is 0 Å². The Morgan fingerprint density at radius 1 is 1.14 bits per heavy atom. The Hall–Kier alpha value is -2.10. The van der Waals surface area contributed by atoms with Gasteiger partial charge in [-0.05, 0) is 45.2 Å². The molecule has 2 aromatic rings. The summed E-state index contributed by atoms with van der Waals surface area (Å²) in [4.78, 5) is 8.81. The summed E-state index contributed by atoms with van der Waals surface area (Å²) in [6, 6.07) is 10.2. The van der Waals surface area contributed by atoms with E-state index in [0.717, 1.165) is 22.7 Å². The van der Waals surface area contributed by atoms with Crippen LogP contribution in [0.3, 0.4) is 0 Å². The molecule has 1 aromatic heterocycles. The Balaban J connectivity index is 1.69. The van der Waals surface area contributed by atoms with Crippen LogP contribution in [-0.4, -0.2) is 16.1 Å². The lowest BCUT2D eigenvalue weighted by Crippen LogP contribution is -2.25. The van der Waals surface area contributed by atoms with Gasteiger partial charge in [0.2, 0.25) is 5.95 Å². The number of aromatic nitrogens is 2. The van der Waals surface area contributed by atoms with Crippen molar-refractivity contribution in [2.75, 3.05) is 5.32 Å². The van der Waals surface area contributed by atoms with Crippen molar-refractivity contribution >= 4 is 5.95 Å².